The van der Waals surface area contributed by atoms with Gasteiger partial charge in [-0.2, -0.15) is 0 Å². The van der Waals surface area contributed by atoms with Gasteiger partial charge in [0.2, 0.25) is 5.90 Å². The van der Waals surface area contributed by atoms with Gasteiger partial charge in [-0.05, 0) is 60.0 Å². The minimum absolute atomic E-state index is 0.174. The molecule has 0 radical (unpaired) electrons. The van der Waals surface area contributed by atoms with Crippen LogP contribution in [-0.2, 0) is 16.1 Å². The lowest BCUT2D eigenvalue weighted by Crippen LogP contribution is -2.05. The first-order chi connectivity index (χ1) is 18.5. The summed E-state index contributed by atoms with van der Waals surface area (Å²) >= 11 is 10.1. The summed E-state index contributed by atoms with van der Waals surface area (Å²) in [5.41, 5.74) is 4.68. The van der Waals surface area contributed by atoms with Crippen LogP contribution in [0.15, 0.2) is 106 Å². The summed E-state index contributed by atoms with van der Waals surface area (Å²) in [6.07, 6.45) is 1.62. The van der Waals surface area contributed by atoms with Crippen molar-refractivity contribution in [2.24, 2.45) is 4.99 Å². The number of cyclic esters (lactones) is 1. The number of halogens is 2. The third-order valence-corrected chi connectivity index (χ3v) is 6.88. The Morgan fingerprint density at radius 2 is 1.58 bits per heavy atom. The van der Waals surface area contributed by atoms with Crippen LogP contribution in [0, 0.1) is 0 Å². The van der Waals surface area contributed by atoms with Gasteiger partial charge in [-0.25, -0.2) is 9.79 Å². The predicted molar refractivity (Wildman–Crippen MR) is 154 cm³/mol. The SMILES string of the molecule is CCOc1cc(/C=C2\N=C(c3ccc(-c4ccccc4)cc3)OC2=O)cc(Cl)c1OCc1ccccc1Br. The van der Waals surface area contributed by atoms with Crippen molar-refractivity contribution in [3.63, 3.8) is 0 Å². The van der Waals surface area contributed by atoms with Crippen LogP contribution >= 0.6 is 27.5 Å². The van der Waals surface area contributed by atoms with E-state index in [1.807, 2.05) is 85.8 Å². The number of carbonyl (C=O) groups is 1. The third-order valence-electron chi connectivity index (χ3n) is 5.82. The van der Waals surface area contributed by atoms with Crippen molar-refractivity contribution in [3.8, 4) is 22.6 Å². The molecule has 0 amide bonds. The average molecular weight is 589 g/mol. The number of hydrogen-bond acceptors (Lipinski definition) is 5. The predicted octanol–water partition coefficient (Wildman–Crippen LogP) is 8.09. The molecule has 1 aliphatic heterocycles. The highest BCUT2D eigenvalue weighted by Gasteiger charge is 2.25. The molecule has 190 valence electrons. The monoisotopic (exact) mass is 587 g/mol. The number of carbonyl (C=O) groups excluding carboxylic acids is 1. The third kappa shape index (κ3) is 5.82. The van der Waals surface area contributed by atoms with Crippen molar-refractivity contribution in [1.29, 1.82) is 0 Å². The number of aliphatic imine (C=N–C) groups is 1. The second-order valence-corrected chi connectivity index (χ2v) is 9.68. The van der Waals surface area contributed by atoms with Crippen molar-refractivity contribution in [2.45, 2.75) is 13.5 Å². The Balaban J connectivity index is 1.38. The number of rotatable bonds is 8. The zero-order chi connectivity index (χ0) is 26.5. The Kier molecular flexibility index (Phi) is 7.91. The van der Waals surface area contributed by atoms with Crippen LogP contribution in [-0.4, -0.2) is 18.5 Å². The fraction of sp³-hybridized carbons (Fsp3) is 0.0968. The second kappa shape index (κ2) is 11.7. The molecule has 4 aromatic rings. The largest absolute Gasteiger partial charge is 0.490 e. The average Bonchev–Trinajstić information content (AvgIpc) is 3.29. The van der Waals surface area contributed by atoms with E-state index in [1.54, 1.807) is 18.2 Å². The molecule has 0 unspecified atom stereocenters. The molecular weight excluding hydrogens is 566 g/mol. The number of nitrogens with zero attached hydrogens (tertiary/aromatic N) is 1. The highest BCUT2D eigenvalue weighted by molar-refractivity contribution is 9.10. The molecule has 0 bridgehead atoms. The molecule has 0 saturated heterocycles. The molecule has 1 heterocycles. The first kappa shape index (κ1) is 25.8. The zero-order valence-electron chi connectivity index (χ0n) is 20.5. The quantitative estimate of drug-likeness (QED) is 0.154. The highest BCUT2D eigenvalue weighted by Crippen LogP contribution is 2.38. The number of ether oxygens (including phenoxy) is 3. The Morgan fingerprint density at radius 1 is 0.895 bits per heavy atom. The van der Waals surface area contributed by atoms with Crippen LogP contribution in [0.3, 0.4) is 0 Å². The van der Waals surface area contributed by atoms with Crippen LogP contribution in [0.2, 0.25) is 5.02 Å². The summed E-state index contributed by atoms with van der Waals surface area (Å²) in [4.78, 5) is 17.0. The molecule has 0 atom stereocenters. The van der Waals surface area contributed by atoms with Crippen LogP contribution in [0.1, 0.15) is 23.6 Å². The van der Waals surface area contributed by atoms with E-state index in [1.165, 1.54) is 0 Å². The summed E-state index contributed by atoms with van der Waals surface area (Å²) in [5.74, 6) is 0.634. The maximum absolute atomic E-state index is 12.6. The molecule has 5 nitrogen and oxygen atoms in total. The van der Waals surface area contributed by atoms with Crippen molar-refractivity contribution in [1.82, 2.24) is 0 Å². The van der Waals surface area contributed by atoms with Crippen LogP contribution in [0.5, 0.6) is 11.5 Å². The molecule has 1 aliphatic rings. The van der Waals surface area contributed by atoms with E-state index in [9.17, 15) is 4.79 Å². The molecule has 7 heteroatoms. The van der Waals surface area contributed by atoms with Gasteiger partial charge in [-0.1, -0.05) is 88.2 Å². The summed E-state index contributed by atoms with van der Waals surface area (Å²) < 4.78 is 18.2. The Bertz CT molecular complexity index is 1530. The summed E-state index contributed by atoms with van der Waals surface area (Å²) in [7, 11) is 0. The van der Waals surface area contributed by atoms with Gasteiger partial charge in [0.25, 0.3) is 0 Å². The van der Waals surface area contributed by atoms with Crippen molar-refractivity contribution < 1.29 is 19.0 Å². The number of benzene rings is 4. The smallest absolute Gasteiger partial charge is 0.363 e. The Hall–Kier alpha value is -3.87. The highest BCUT2D eigenvalue weighted by atomic mass is 79.9. The van der Waals surface area contributed by atoms with Gasteiger partial charge in [-0.3, -0.25) is 0 Å². The second-order valence-electron chi connectivity index (χ2n) is 8.42. The molecule has 0 N–H and O–H groups in total. The molecule has 0 fully saturated rings. The standard InChI is InChI=1S/C31H23BrClNO4/c1-2-36-28-18-20(16-26(33)29(28)37-19-24-10-6-7-11-25(24)32)17-27-31(35)38-30(34-27)23-14-12-22(13-15-23)21-8-4-3-5-9-21/h3-18H,2,19H2,1H3/b27-17-. The molecule has 38 heavy (non-hydrogen) atoms. The van der Waals surface area contributed by atoms with E-state index in [0.717, 1.165) is 21.2 Å². The summed E-state index contributed by atoms with van der Waals surface area (Å²) in [5, 5.41) is 0.363. The lowest BCUT2D eigenvalue weighted by atomic mass is 10.0. The van der Waals surface area contributed by atoms with E-state index in [0.29, 0.717) is 40.9 Å². The van der Waals surface area contributed by atoms with Crippen molar-refractivity contribution >= 4 is 45.5 Å². The molecule has 0 saturated carbocycles. The number of hydrogen-bond donors (Lipinski definition) is 0. The summed E-state index contributed by atoms with van der Waals surface area (Å²) in [6, 6.07) is 29.1. The first-order valence-corrected chi connectivity index (χ1v) is 13.2. The minimum atomic E-state index is -0.532. The normalized spacial score (nSPS) is 13.8. The molecule has 4 aromatic carbocycles. The van der Waals surface area contributed by atoms with Crippen LogP contribution in [0.4, 0.5) is 0 Å². The minimum Gasteiger partial charge on any atom is -0.490 e. The number of esters is 1. The molecular formula is C31H23BrClNO4. The zero-order valence-corrected chi connectivity index (χ0v) is 22.8. The van der Waals surface area contributed by atoms with Gasteiger partial charge in [0, 0.05) is 15.6 Å². The van der Waals surface area contributed by atoms with Gasteiger partial charge in [0.1, 0.15) is 6.61 Å². The maximum atomic E-state index is 12.6. The van der Waals surface area contributed by atoms with Crippen molar-refractivity contribution in [3.05, 3.63) is 123 Å². The molecule has 0 aromatic heterocycles. The lowest BCUT2D eigenvalue weighted by Gasteiger charge is -2.15. The Labute approximate surface area is 234 Å². The van der Waals surface area contributed by atoms with E-state index in [-0.39, 0.29) is 11.6 Å². The molecule has 5 rings (SSSR count). The van der Waals surface area contributed by atoms with E-state index in [4.69, 9.17) is 25.8 Å². The summed E-state index contributed by atoms with van der Waals surface area (Å²) in [6.45, 7) is 2.61. The fourth-order valence-corrected chi connectivity index (χ4v) is 4.64. The Morgan fingerprint density at radius 3 is 2.32 bits per heavy atom. The topological polar surface area (TPSA) is 57.1 Å². The first-order valence-electron chi connectivity index (χ1n) is 12.0. The van der Waals surface area contributed by atoms with E-state index >= 15 is 0 Å². The molecule has 0 spiro atoms. The van der Waals surface area contributed by atoms with Gasteiger partial charge in [0.05, 0.1) is 11.6 Å². The van der Waals surface area contributed by atoms with Gasteiger partial charge >= 0.3 is 5.97 Å². The lowest BCUT2D eigenvalue weighted by molar-refractivity contribution is -0.129. The fourth-order valence-electron chi connectivity index (χ4n) is 3.97. The van der Waals surface area contributed by atoms with Crippen LogP contribution in [0.25, 0.3) is 17.2 Å². The van der Waals surface area contributed by atoms with E-state index < -0.39 is 5.97 Å². The van der Waals surface area contributed by atoms with Crippen LogP contribution < -0.4 is 9.47 Å². The maximum Gasteiger partial charge on any atom is 0.363 e. The van der Waals surface area contributed by atoms with Crippen molar-refractivity contribution in [2.75, 3.05) is 6.61 Å². The molecule has 0 aliphatic carbocycles. The van der Waals surface area contributed by atoms with Gasteiger partial charge < -0.3 is 14.2 Å². The van der Waals surface area contributed by atoms with Gasteiger partial charge in [-0.15, -0.1) is 0 Å². The van der Waals surface area contributed by atoms with Gasteiger partial charge in [0.15, 0.2) is 17.2 Å². The van der Waals surface area contributed by atoms with E-state index in [2.05, 4.69) is 20.9 Å².